The van der Waals surface area contributed by atoms with Crippen molar-refractivity contribution < 1.29 is 13.9 Å². The van der Waals surface area contributed by atoms with Crippen molar-refractivity contribution in [1.82, 2.24) is 14.7 Å². The summed E-state index contributed by atoms with van der Waals surface area (Å²) in [6.07, 6.45) is 1.63. The lowest BCUT2D eigenvalue weighted by Crippen LogP contribution is -2.40. The number of aliphatic hydroxyl groups is 1. The van der Waals surface area contributed by atoms with Gasteiger partial charge in [-0.15, -0.1) is 0 Å². The van der Waals surface area contributed by atoms with Crippen LogP contribution in [0.1, 0.15) is 29.7 Å². The molecule has 0 bridgehead atoms. The average Bonchev–Trinajstić information content (AvgIpc) is 3.23. The van der Waals surface area contributed by atoms with Crippen molar-refractivity contribution in [3.8, 4) is 5.69 Å². The number of nitrogens with one attached hydrogen (secondary N) is 1. The van der Waals surface area contributed by atoms with Crippen LogP contribution in [0, 0.1) is 11.6 Å². The summed E-state index contributed by atoms with van der Waals surface area (Å²) in [6.45, 7) is 2.82. The van der Waals surface area contributed by atoms with Gasteiger partial charge in [0, 0.05) is 31.4 Å². The molecular formula is C28H29F2N3O2. The number of hydrogen-bond donors (Lipinski definition) is 2. The van der Waals surface area contributed by atoms with Gasteiger partial charge in [0.15, 0.2) is 0 Å². The summed E-state index contributed by atoms with van der Waals surface area (Å²) in [7, 11) is 0. The van der Waals surface area contributed by atoms with Crippen LogP contribution in [-0.4, -0.2) is 27.1 Å². The Balaban J connectivity index is 1.62. The molecule has 0 aliphatic heterocycles. The highest BCUT2D eigenvalue weighted by Gasteiger charge is 2.26. The Morgan fingerprint density at radius 3 is 2.31 bits per heavy atom. The van der Waals surface area contributed by atoms with Gasteiger partial charge in [0.05, 0.1) is 17.8 Å². The molecule has 0 unspecified atom stereocenters. The lowest BCUT2D eigenvalue weighted by atomic mass is 10.0. The molecule has 7 heteroatoms. The van der Waals surface area contributed by atoms with Crippen molar-refractivity contribution in [3.63, 3.8) is 0 Å². The summed E-state index contributed by atoms with van der Waals surface area (Å²) < 4.78 is 30.9. The minimum Gasteiger partial charge on any atom is -0.390 e. The van der Waals surface area contributed by atoms with Crippen LogP contribution in [0.15, 0.2) is 89.9 Å². The predicted molar refractivity (Wildman–Crippen MR) is 133 cm³/mol. The fourth-order valence-corrected chi connectivity index (χ4v) is 4.32. The largest absolute Gasteiger partial charge is 0.390 e. The fraction of sp³-hybridized carbons (Fsp3) is 0.250. The van der Waals surface area contributed by atoms with Crippen LogP contribution in [0.4, 0.5) is 8.78 Å². The van der Waals surface area contributed by atoms with Crippen molar-refractivity contribution in [2.75, 3.05) is 6.54 Å². The first-order valence-corrected chi connectivity index (χ1v) is 11.7. The number of hydrogen-bond acceptors (Lipinski definition) is 3. The first kappa shape index (κ1) is 24.6. The Labute approximate surface area is 203 Å². The Kier molecular flexibility index (Phi) is 7.90. The minimum atomic E-state index is -1.01. The van der Waals surface area contributed by atoms with E-state index in [1.807, 2.05) is 42.5 Å². The van der Waals surface area contributed by atoms with Crippen LogP contribution in [0.25, 0.3) is 5.69 Å². The summed E-state index contributed by atoms with van der Waals surface area (Å²) in [4.78, 5) is 12.9. The van der Waals surface area contributed by atoms with Crippen molar-refractivity contribution in [2.45, 2.75) is 38.5 Å². The molecule has 2 atom stereocenters. The maximum Gasteiger partial charge on any atom is 0.267 e. The van der Waals surface area contributed by atoms with Gasteiger partial charge in [0.2, 0.25) is 0 Å². The minimum absolute atomic E-state index is 0.0690. The second-order valence-corrected chi connectivity index (χ2v) is 8.60. The maximum absolute atomic E-state index is 13.9. The monoisotopic (exact) mass is 477 g/mol. The van der Waals surface area contributed by atoms with E-state index < -0.39 is 23.8 Å². The van der Waals surface area contributed by atoms with E-state index in [-0.39, 0.29) is 18.5 Å². The Morgan fingerprint density at radius 1 is 0.886 bits per heavy atom. The second-order valence-electron chi connectivity index (χ2n) is 8.60. The SMILES string of the molecule is CCc1cccc(CNC[C@@H](O)[C@H](Cc2cc(F)cc(F)c2)n2c(=O)ccn2-c2ccccc2)c1. The molecule has 0 saturated carbocycles. The Bertz CT molecular complexity index is 1300. The van der Waals surface area contributed by atoms with E-state index in [1.54, 1.807) is 10.9 Å². The number of rotatable bonds is 10. The van der Waals surface area contributed by atoms with Gasteiger partial charge >= 0.3 is 0 Å². The number of aromatic nitrogens is 2. The number of para-hydroxylation sites is 1. The molecule has 1 aromatic heterocycles. The van der Waals surface area contributed by atoms with E-state index in [4.69, 9.17) is 0 Å². The normalized spacial score (nSPS) is 13.0. The van der Waals surface area contributed by atoms with Crippen LogP contribution >= 0.6 is 0 Å². The van der Waals surface area contributed by atoms with E-state index in [2.05, 4.69) is 24.4 Å². The summed E-state index contributed by atoms with van der Waals surface area (Å²) in [6, 6.07) is 21.4. The predicted octanol–water partition coefficient (Wildman–Crippen LogP) is 4.41. The molecule has 35 heavy (non-hydrogen) atoms. The van der Waals surface area contributed by atoms with Crippen molar-refractivity contribution in [3.05, 3.63) is 124 Å². The second kappa shape index (κ2) is 11.3. The van der Waals surface area contributed by atoms with Crippen LogP contribution in [0.3, 0.4) is 0 Å². The molecular weight excluding hydrogens is 448 g/mol. The van der Waals surface area contributed by atoms with Gasteiger partial charge in [-0.2, -0.15) is 0 Å². The third kappa shape index (κ3) is 6.12. The van der Waals surface area contributed by atoms with E-state index >= 15 is 0 Å². The van der Waals surface area contributed by atoms with Crippen LogP contribution in [-0.2, 0) is 19.4 Å². The molecule has 182 valence electrons. The lowest BCUT2D eigenvalue weighted by molar-refractivity contribution is 0.0980. The molecule has 3 aromatic carbocycles. The zero-order valence-electron chi connectivity index (χ0n) is 19.6. The third-order valence-electron chi connectivity index (χ3n) is 6.04. The quantitative estimate of drug-likeness (QED) is 0.356. The zero-order valence-corrected chi connectivity index (χ0v) is 19.6. The van der Waals surface area contributed by atoms with E-state index in [0.29, 0.717) is 12.1 Å². The van der Waals surface area contributed by atoms with Gasteiger partial charge in [-0.05, 0) is 53.8 Å². The molecule has 0 aliphatic rings. The van der Waals surface area contributed by atoms with Crippen molar-refractivity contribution in [1.29, 1.82) is 0 Å². The van der Waals surface area contributed by atoms with E-state index in [1.165, 1.54) is 28.4 Å². The van der Waals surface area contributed by atoms with Gasteiger partial charge in [-0.25, -0.2) is 13.5 Å². The van der Waals surface area contributed by atoms with Gasteiger partial charge in [-0.3, -0.25) is 9.48 Å². The van der Waals surface area contributed by atoms with Gasteiger partial charge in [0.25, 0.3) is 5.56 Å². The summed E-state index contributed by atoms with van der Waals surface area (Å²) >= 11 is 0. The molecule has 5 nitrogen and oxygen atoms in total. The molecule has 1 heterocycles. The molecule has 2 N–H and O–H groups in total. The highest BCUT2D eigenvalue weighted by atomic mass is 19.1. The first-order chi connectivity index (χ1) is 16.9. The molecule has 0 saturated heterocycles. The van der Waals surface area contributed by atoms with Gasteiger partial charge in [-0.1, -0.05) is 49.4 Å². The Hall–Kier alpha value is -3.55. The topological polar surface area (TPSA) is 59.2 Å². The van der Waals surface area contributed by atoms with Crippen molar-refractivity contribution in [2.24, 2.45) is 0 Å². The smallest absolute Gasteiger partial charge is 0.267 e. The van der Waals surface area contributed by atoms with Crippen LogP contribution < -0.4 is 10.9 Å². The van der Waals surface area contributed by atoms with Gasteiger partial charge < -0.3 is 10.4 Å². The standard InChI is InChI=1S/C28H29F2N3O2/c1-2-20-7-6-8-21(13-20)18-31-19-27(34)26(16-22-14-23(29)17-24(30)15-22)33-28(35)11-12-32(33)25-9-4-3-5-10-25/h3-15,17,26-27,31,34H,2,16,18-19H2,1H3/t26-,27+/m0/s1. The third-order valence-corrected chi connectivity index (χ3v) is 6.04. The average molecular weight is 478 g/mol. The molecule has 0 fully saturated rings. The van der Waals surface area contributed by atoms with Crippen LogP contribution in [0.5, 0.6) is 0 Å². The number of aliphatic hydroxyl groups excluding tert-OH is 1. The van der Waals surface area contributed by atoms with Gasteiger partial charge in [0.1, 0.15) is 11.6 Å². The molecule has 0 spiro atoms. The molecule has 0 amide bonds. The number of benzene rings is 3. The summed E-state index contributed by atoms with van der Waals surface area (Å²) in [5.74, 6) is -1.40. The molecule has 4 aromatic rings. The molecule has 4 rings (SSSR count). The summed E-state index contributed by atoms with van der Waals surface area (Å²) in [5, 5.41) is 14.5. The lowest BCUT2D eigenvalue weighted by Gasteiger charge is -2.27. The zero-order chi connectivity index (χ0) is 24.8. The van der Waals surface area contributed by atoms with E-state index in [0.717, 1.165) is 23.7 Å². The first-order valence-electron chi connectivity index (χ1n) is 11.7. The molecule has 0 radical (unpaired) electrons. The van der Waals surface area contributed by atoms with Crippen molar-refractivity contribution >= 4 is 0 Å². The highest BCUT2D eigenvalue weighted by molar-refractivity contribution is 5.30. The highest BCUT2D eigenvalue weighted by Crippen LogP contribution is 2.21. The van der Waals surface area contributed by atoms with E-state index in [9.17, 15) is 18.7 Å². The summed E-state index contributed by atoms with van der Waals surface area (Å²) in [5.41, 5.74) is 3.09. The number of aryl methyl sites for hydroxylation is 1. The number of nitrogens with zero attached hydrogens (tertiary/aromatic N) is 2. The van der Waals surface area contributed by atoms with Crippen LogP contribution in [0.2, 0.25) is 0 Å². The fourth-order valence-electron chi connectivity index (χ4n) is 4.32. The Morgan fingerprint density at radius 2 is 1.60 bits per heavy atom. The molecule has 0 aliphatic carbocycles. The maximum atomic E-state index is 13.9. The number of halogens is 2.